The summed E-state index contributed by atoms with van der Waals surface area (Å²) in [6.07, 6.45) is 4.13. The van der Waals surface area contributed by atoms with Crippen molar-refractivity contribution in [2.24, 2.45) is 5.73 Å². The summed E-state index contributed by atoms with van der Waals surface area (Å²) in [5, 5.41) is 7.54. The van der Waals surface area contributed by atoms with Crippen LogP contribution in [-0.4, -0.2) is 0 Å². The molecular weight excluding hydrogens is 446 g/mol. The minimum Gasteiger partial charge on any atom is -0.402 e. The molecule has 0 saturated heterocycles. The third-order valence-corrected chi connectivity index (χ3v) is 7.19. The van der Waals surface area contributed by atoms with Crippen molar-refractivity contribution < 1.29 is 0 Å². The number of rotatable bonds is 4. The van der Waals surface area contributed by atoms with Gasteiger partial charge in [0.25, 0.3) is 0 Å². The molecule has 0 aliphatic rings. The summed E-state index contributed by atoms with van der Waals surface area (Å²) in [5.74, 6) is 0. The maximum Gasteiger partial charge on any atom is 0.0128 e. The predicted molar refractivity (Wildman–Crippen MR) is 161 cm³/mol. The van der Waals surface area contributed by atoms with Crippen molar-refractivity contribution in [2.75, 3.05) is 0 Å². The lowest BCUT2D eigenvalue weighted by Crippen LogP contribution is -1.97. The van der Waals surface area contributed by atoms with Gasteiger partial charge in [0.1, 0.15) is 0 Å². The molecule has 0 fully saturated rings. The van der Waals surface area contributed by atoms with E-state index in [1.807, 2.05) is 19.9 Å². The molecule has 0 radical (unpaired) electrons. The molecule has 0 atom stereocenters. The lowest BCUT2D eigenvalue weighted by Gasteiger charge is -2.18. The molecule has 0 saturated carbocycles. The molecule has 1 heteroatoms. The first kappa shape index (κ1) is 22.8. The van der Waals surface area contributed by atoms with E-state index >= 15 is 0 Å². The predicted octanol–water partition coefficient (Wildman–Crippen LogP) is 9.75. The number of benzene rings is 6. The van der Waals surface area contributed by atoms with Crippen LogP contribution in [0.5, 0.6) is 0 Å². The molecule has 2 N–H and O–H groups in total. The monoisotopic (exact) mass is 475 g/mol. The normalized spacial score (nSPS) is 12.5. The van der Waals surface area contributed by atoms with Crippen molar-refractivity contribution in [1.82, 2.24) is 0 Å². The van der Waals surface area contributed by atoms with Crippen LogP contribution in [0.1, 0.15) is 19.4 Å². The van der Waals surface area contributed by atoms with Crippen LogP contribution in [0.4, 0.5) is 0 Å². The van der Waals surface area contributed by atoms with Crippen molar-refractivity contribution >= 4 is 37.9 Å². The zero-order chi connectivity index (χ0) is 25.4. The molecule has 0 aliphatic heterocycles. The highest BCUT2D eigenvalue weighted by Crippen LogP contribution is 2.44. The van der Waals surface area contributed by atoms with Gasteiger partial charge in [0.05, 0.1) is 0 Å². The Bertz CT molecular complexity index is 1790. The highest BCUT2D eigenvalue weighted by Gasteiger charge is 2.17. The molecule has 0 aromatic heterocycles. The molecule has 0 bridgehead atoms. The Kier molecular flexibility index (Phi) is 5.82. The Morgan fingerprint density at radius 1 is 0.568 bits per heavy atom. The first-order valence-electron chi connectivity index (χ1n) is 12.8. The molecule has 1 nitrogen and oxygen atoms in total. The van der Waals surface area contributed by atoms with E-state index in [0.29, 0.717) is 0 Å². The van der Waals surface area contributed by atoms with Gasteiger partial charge in [-0.2, -0.15) is 0 Å². The second-order valence-electron chi connectivity index (χ2n) is 9.58. The molecule has 0 amide bonds. The Balaban J connectivity index is 1.69. The van der Waals surface area contributed by atoms with Gasteiger partial charge in [0.15, 0.2) is 0 Å². The van der Waals surface area contributed by atoms with E-state index in [1.165, 1.54) is 54.6 Å². The van der Waals surface area contributed by atoms with Crippen LogP contribution >= 0.6 is 0 Å². The first-order chi connectivity index (χ1) is 18.2. The summed E-state index contributed by atoms with van der Waals surface area (Å²) >= 11 is 0. The highest BCUT2D eigenvalue weighted by molar-refractivity contribution is 6.21. The number of allylic oxidation sites excluding steroid dienone is 4. The van der Waals surface area contributed by atoms with Crippen LogP contribution in [0.2, 0.25) is 0 Å². The zero-order valence-electron chi connectivity index (χ0n) is 21.2. The second kappa shape index (κ2) is 9.44. The summed E-state index contributed by atoms with van der Waals surface area (Å²) in [5.41, 5.74) is 14.3. The van der Waals surface area contributed by atoms with E-state index in [4.69, 9.17) is 5.73 Å². The second-order valence-corrected chi connectivity index (χ2v) is 9.58. The Hall–Kier alpha value is -4.62. The van der Waals surface area contributed by atoms with E-state index in [2.05, 4.69) is 121 Å². The average molecular weight is 476 g/mol. The van der Waals surface area contributed by atoms with E-state index in [-0.39, 0.29) is 0 Å². The van der Waals surface area contributed by atoms with Gasteiger partial charge in [-0.05, 0) is 91.7 Å². The molecule has 37 heavy (non-hydrogen) atoms. The van der Waals surface area contributed by atoms with Crippen LogP contribution < -0.4 is 5.73 Å². The fourth-order valence-corrected chi connectivity index (χ4v) is 5.56. The molecule has 0 heterocycles. The van der Waals surface area contributed by atoms with Gasteiger partial charge in [-0.25, -0.2) is 0 Å². The number of hydrogen-bond donors (Lipinski definition) is 1. The Labute approximate surface area is 218 Å². The Morgan fingerprint density at radius 3 is 1.68 bits per heavy atom. The summed E-state index contributed by atoms with van der Waals surface area (Å²) in [4.78, 5) is 0. The summed E-state index contributed by atoms with van der Waals surface area (Å²) in [6, 6.07) is 41.8. The van der Waals surface area contributed by atoms with Gasteiger partial charge >= 0.3 is 0 Å². The minimum atomic E-state index is 0.816. The highest BCUT2D eigenvalue weighted by atomic mass is 14.6. The van der Waals surface area contributed by atoms with Crippen LogP contribution in [-0.2, 0) is 0 Å². The standard InChI is InChI=1S/C36H29N/c1-3-11-30(24(2)37)27-14-10-15-28(23-27)35-31-16-6-8-18-33(31)36(34-19-9-7-17-32(34)35)29-21-20-25-12-4-5-13-26(25)22-29/h3-23H,37H2,1-2H3/b11-3-,30-24+. The topological polar surface area (TPSA) is 26.0 Å². The van der Waals surface area contributed by atoms with Crippen LogP contribution in [0.15, 0.2) is 133 Å². The molecule has 6 rings (SSSR count). The van der Waals surface area contributed by atoms with Crippen molar-refractivity contribution in [1.29, 1.82) is 0 Å². The lowest BCUT2D eigenvalue weighted by atomic mass is 9.85. The zero-order valence-corrected chi connectivity index (χ0v) is 21.2. The number of hydrogen-bond acceptors (Lipinski definition) is 1. The van der Waals surface area contributed by atoms with Crippen LogP contribution in [0, 0.1) is 0 Å². The van der Waals surface area contributed by atoms with Crippen molar-refractivity contribution in [3.05, 3.63) is 139 Å². The van der Waals surface area contributed by atoms with Crippen molar-refractivity contribution in [3.8, 4) is 22.3 Å². The fourth-order valence-electron chi connectivity index (χ4n) is 5.56. The molecule has 6 aromatic rings. The smallest absolute Gasteiger partial charge is 0.0128 e. The molecule has 6 aromatic carbocycles. The van der Waals surface area contributed by atoms with Crippen LogP contribution in [0.3, 0.4) is 0 Å². The molecule has 0 spiro atoms. The molecular formula is C36H29N. The minimum absolute atomic E-state index is 0.816. The fraction of sp³-hybridized carbons (Fsp3) is 0.0556. The van der Waals surface area contributed by atoms with E-state index in [1.54, 1.807) is 0 Å². The lowest BCUT2D eigenvalue weighted by molar-refractivity contribution is 1.32. The maximum absolute atomic E-state index is 6.28. The number of fused-ring (bicyclic) bond motifs is 3. The van der Waals surface area contributed by atoms with E-state index in [9.17, 15) is 0 Å². The third kappa shape index (κ3) is 3.99. The molecule has 178 valence electrons. The van der Waals surface area contributed by atoms with Gasteiger partial charge in [0.2, 0.25) is 0 Å². The van der Waals surface area contributed by atoms with Crippen LogP contribution in [0.25, 0.3) is 60.1 Å². The van der Waals surface area contributed by atoms with E-state index in [0.717, 1.165) is 16.8 Å². The Morgan fingerprint density at radius 2 is 1.11 bits per heavy atom. The summed E-state index contributed by atoms with van der Waals surface area (Å²) in [6.45, 7) is 3.99. The molecule has 0 unspecified atom stereocenters. The first-order valence-corrected chi connectivity index (χ1v) is 12.8. The van der Waals surface area contributed by atoms with Gasteiger partial charge in [0, 0.05) is 5.70 Å². The summed E-state index contributed by atoms with van der Waals surface area (Å²) < 4.78 is 0. The average Bonchev–Trinajstić information content (AvgIpc) is 2.94. The van der Waals surface area contributed by atoms with Gasteiger partial charge < -0.3 is 5.73 Å². The van der Waals surface area contributed by atoms with Crippen molar-refractivity contribution in [2.45, 2.75) is 13.8 Å². The summed E-state index contributed by atoms with van der Waals surface area (Å²) in [7, 11) is 0. The number of nitrogens with two attached hydrogens (primary N) is 1. The van der Waals surface area contributed by atoms with Crippen molar-refractivity contribution in [3.63, 3.8) is 0 Å². The van der Waals surface area contributed by atoms with Gasteiger partial charge in [-0.3, -0.25) is 0 Å². The quantitative estimate of drug-likeness (QED) is 0.199. The van der Waals surface area contributed by atoms with Gasteiger partial charge in [-0.1, -0.05) is 115 Å². The van der Waals surface area contributed by atoms with Gasteiger partial charge in [-0.15, -0.1) is 0 Å². The maximum atomic E-state index is 6.28. The third-order valence-electron chi connectivity index (χ3n) is 7.19. The van der Waals surface area contributed by atoms with E-state index < -0.39 is 0 Å². The largest absolute Gasteiger partial charge is 0.402 e. The molecule has 0 aliphatic carbocycles. The SMILES string of the molecule is C/C=C\C(=C(\C)N)c1cccc(-c2c3ccccc3c(-c3ccc4ccccc4c3)c3ccccc23)c1.